The van der Waals surface area contributed by atoms with Crippen molar-refractivity contribution in [2.24, 2.45) is 0 Å². The van der Waals surface area contributed by atoms with Gasteiger partial charge in [-0.3, -0.25) is 9.89 Å². The van der Waals surface area contributed by atoms with Gasteiger partial charge >= 0.3 is 0 Å². The lowest BCUT2D eigenvalue weighted by Gasteiger charge is -2.00. The SMILES string of the molecule is N#Cc1c(S)[nH]c(-c2ccn[nH]2)cc1=O. The first kappa shape index (κ1) is 9.55. The number of rotatable bonds is 1. The highest BCUT2D eigenvalue weighted by Gasteiger charge is 2.07. The summed E-state index contributed by atoms with van der Waals surface area (Å²) in [6.07, 6.45) is 1.57. The van der Waals surface area contributed by atoms with Crippen LogP contribution in [0, 0.1) is 11.3 Å². The van der Waals surface area contributed by atoms with E-state index in [1.54, 1.807) is 18.3 Å². The van der Waals surface area contributed by atoms with E-state index >= 15 is 0 Å². The summed E-state index contributed by atoms with van der Waals surface area (Å²) in [5.74, 6) is 0. The van der Waals surface area contributed by atoms with Crippen molar-refractivity contribution in [3.8, 4) is 17.5 Å². The number of hydrogen-bond acceptors (Lipinski definition) is 4. The normalized spacial score (nSPS) is 9.87. The molecule has 2 rings (SSSR count). The minimum atomic E-state index is -0.356. The molecule has 0 bridgehead atoms. The molecule has 5 nitrogen and oxygen atoms in total. The van der Waals surface area contributed by atoms with E-state index in [0.29, 0.717) is 11.4 Å². The molecule has 0 amide bonds. The Morgan fingerprint density at radius 2 is 2.27 bits per heavy atom. The maximum atomic E-state index is 11.5. The Balaban J connectivity index is 2.65. The van der Waals surface area contributed by atoms with E-state index in [2.05, 4.69) is 27.8 Å². The van der Waals surface area contributed by atoms with E-state index in [9.17, 15) is 4.79 Å². The third kappa shape index (κ3) is 1.65. The Hall–Kier alpha value is -2.00. The Morgan fingerprint density at radius 3 is 2.80 bits per heavy atom. The van der Waals surface area contributed by atoms with Crippen molar-refractivity contribution in [2.45, 2.75) is 5.03 Å². The van der Waals surface area contributed by atoms with Crippen molar-refractivity contribution in [3.05, 3.63) is 34.1 Å². The quantitative estimate of drug-likeness (QED) is 0.622. The van der Waals surface area contributed by atoms with E-state index in [4.69, 9.17) is 5.26 Å². The summed E-state index contributed by atoms with van der Waals surface area (Å²) < 4.78 is 0. The van der Waals surface area contributed by atoms with E-state index in [1.165, 1.54) is 6.07 Å². The molecule has 0 aliphatic heterocycles. The van der Waals surface area contributed by atoms with E-state index in [-0.39, 0.29) is 16.0 Å². The van der Waals surface area contributed by atoms with Gasteiger partial charge in [-0.15, -0.1) is 12.6 Å². The molecule has 6 heteroatoms. The number of nitriles is 1. The number of thiol groups is 1. The number of nitrogens with one attached hydrogen (secondary N) is 2. The van der Waals surface area contributed by atoms with Crippen molar-refractivity contribution in [1.29, 1.82) is 5.26 Å². The number of hydrogen-bond donors (Lipinski definition) is 3. The van der Waals surface area contributed by atoms with Crippen LogP contribution < -0.4 is 5.43 Å². The highest BCUT2D eigenvalue weighted by Crippen LogP contribution is 2.14. The summed E-state index contributed by atoms with van der Waals surface area (Å²) >= 11 is 4.04. The third-order valence-corrected chi connectivity index (χ3v) is 2.25. The van der Waals surface area contributed by atoms with Gasteiger partial charge in [0.15, 0.2) is 0 Å². The molecular weight excluding hydrogens is 212 g/mol. The molecule has 0 aliphatic rings. The maximum absolute atomic E-state index is 11.5. The fourth-order valence-electron chi connectivity index (χ4n) is 1.21. The molecule has 0 fully saturated rings. The van der Waals surface area contributed by atoms with Gasteiger partial charge in [0.2, 0.25) is 5.43 Å². The lowest BCUT2D eigenvalue weighted by Crippen LogP contribution is -2.08. The second-order valence-corrected chi connectivity index (χ2v) is 3.30. The summed E-state index contributed by atoms with van der Waals surface area (Å²) in [4.78, 5) is 14.3. The molecule has 0 spiro atoms. The fraction of sp³-hybridized carbons (Fsp3) is 0. The second-order valence-electron chi connectivity index (χ2n) is 2.85. The standard InChI is InChI=1S/C9H6N4OS/c10-4-5-8(14)3-7(12-9(5)15)6-1-2-11-13-6/h1-3H,(H,11,13)(H2,12,14,15). The molecule has 2 N–H and O–H groups in total. The predicted molar refractivity (Wildman–Crippen MR) is 56.6 cm³/mol. The molecule has 2 aromatic rings. The molecular formula is C9H6N4OS. The fourth-order valence-corrected chi connectivity index (χ4v) is 1.49. The van der Waals surface area contributed by atoms with Gasteiger partial charge in [0.05, 0.1) is 16.4 Å². The average Bonchev–Trinajstić information content (AvgIpc) is 2.69. The van der Waals surface area contributed by atoms with Gasteiger partial charge in [0.1, 0.15) is 11.6 Å². The Labute approximate surface area is 90.2 Å². The Bertz CT molecular complexity index is 579. The van der Waals surface area contributed by atoms with Crippen LogP contribution in [0.15, 0.2) is 28.2 Å². The van der Waals surface area contributed by atoms with Crippen molar-refractivity contribution in [3.63, 3.8) is 0 Å². The minimum Gasteiger partial charge on any atom is -0.347 e. The van der Waals surface area contributed by atoms with Gasteiger partial charge in [-0.2, -0.15) is 10.4 Å². The van der Waals surface area contributed by atoms with E-state index in [0.717, 1.165) is 0 Å². The monoisotopic (exact) mass is 218 g/mol. The van der Waals surface area contributed by atoms with Crippen molar-refractivity contribution in [2.75, 3.05) is 0 Å². The first-order valence-electron chi connectivity index (χ1n) is 4.08. The molecule has 0 aliphatic carbocycles. The predicted octanol–water partition coefficient (Wildman–Crippen LogP) is 0.925. The van der Waals surface area contributed by atoms with E-state index < -0.39 is 0 Å². The summed E-state index contributed by atoms with van der Waals surface area (Å²) in [5.41, 5.74) is 0.890. The molecule has 0 aromatic carbocycles. The smallest absolute Gasteiger partial charge is 0.201 e. The van der Waals surface area contributed by atoms with Crippen LogP contribution in [0.1, 0.15) is 5.56 Å². The average molecular weight is 218 g/mol. The highest BCUT2D eigenvalue weighted by atomic mass is 32.1. The van der Waals surface area contributed by atoms with Crippen LogP contribution in [-0.2, 0) is 0 Å². The summed E-state index contributed by atoms with van der Waals surface area (Å²) in [7, 11) is 0. The van der Waals surface area contributed by atoms with Gasteiger partial charge in [0, 0.05) is 12.3 Å². The Morgan fingerprint density at radius 1 is 1.47 bits per heavy atom. The molecule has 0 atom stereocenters. The zero-order valence-corrected chi connectivity index (χ0v) is 8.38. The van der Waals surface area contributed by atoms with Crippen LogP contribution in [0.5, 0.6) is 0 Å². The van der Waals surface area contributed by atoms with Crippen LogP contribution in [0.4, 0.5) is 0 Å². The summed E-state index contributed by atoms with van der Waals surface area (Å²) in [6, 6.07) is 4.84. The molecule has 2 aromatic heterocycles. The van der Waals surface area contributed by atoms with Crippen LogP contribution in [0.2, 0.25) is 0 Å². The topological polar surface area (TPSA) is 85.3 Å². The number of aromatic nitrogens is 3. The summed E-state index contributed by atoms with van der Waals surface area (Å²) in [6.45, 7) is 0. The van der Waals surface area contributed by atoms with Gasteiger partial charge in [-0.05, 0) is 6.07 Å². The van der Waals surface area contributed by atoms with Crippen LogP contribution in [0.25, 0.3) is 11.4 Å². The van der Waals surface area contributed by atoms with Gasteiger partial charge in [-0.25, -0.2) is 0 Å². The minimum absolute atomic E-state index is 0.0154. The zero-order valence-electron chi connectivity index (χ0n) is 7.48. The second kappa shape index (κ2) is 3.63. The lowest BCUT2D eigenvalue weighted by molar-refractivity contribution is 1.06. The van der Waals surface area contributed by atoms with Crippen molar-refractivity contribution in [1.82, 2.24) is 15.2 Å². The number of H-pyrrole nitrogens is 2. The maximum Gasteiger partial charge on any atom is 0.201 e. The van der Waals surface area contributed by atoms with Crippen LogP contribution in [0.3, 0.4) is 0 Å². The molecule has 0 saturated carbocycles. The summed E-state index contributed by atoms with van der Waals surface area (Å²) in [5, 5.41) is 15.4. The van der Waals surface area contributed by atoms with E-state index in [1.807, 2.05) is 0 Å². The first-order valence-corrected chi connectivity index (χ1v) is 4.53. The molecule has 0 unspecified atom stereocenters. The van der Waals surface area contributed by atoms with Crippen molar-refractivity contribution >= 4 is 12.6 Å². The third-order valence-electron chi connectivity index (χ3n) is 1.91. The number of pyridine rings is 1. The van der Waals surface area contributed by atoms with Gasteiger partial charge in [0.25, 0.3) is 0 Å². The molecule has 0 saturated heterocycles. The molecule has 0 radical (unpaired) electrons. The Kier molecular flexibility index (Phi) is 2.31. The number of nitrogens with zero attached hydrogens (tertiary/aromatic N) is 2. The van der Waals surface area contributed by atoms with Gasteiger partial charge in [-0.1, -0.05) is 0 Å². The highest BCUT2D eigenvalue weighted by molar-refractivity contribution is 7.80. The lowest BCUT2D eigenvalue weighted by atomic mass is 10.2. The zero-order chi connectivity index (χ0) is 10.8. The molecule has 15 heavy (non-hydrogen) atoms. The molecule has 2 heterocycles. The number of aromatic amines is 2. The molecule has 74 valence electrons. The largest absolute Gasteiger partial charge is 0.347 e. The van der Waals surface area contributed by atoms with Crippen LogP contribution >= 0.6 is 12.6 Å². The van der Waals surface area contributed by atoms with Crippen LogP contribution in [-0.4, -0.2) is 15.2 Å². The van der Waals surface area contributed by atoms with Crippen molar-refractivity contribution < 1.29 is 0 Å². The van der Waals surface area contributed by atoms with Gasteiger partial charge < -0.3 is 4.98 Å². The first-order chi connectivity index (χ1) is 7.22.